The summed E-state index contributed by atoms with van der Waals surface area (Å²) in [5.74, 6) is -2.28. The van der Waals surface area contributed by atoms with Gasteiger partial charge in [-0.05, 0) is 25.7 Å². The lowest BCUT2D eigenvalue weighted by molar-refractivity contribution is -1.36. The van der Waals surface area contributed by atoms with E-state index in [0.717, 1.165) is 0 Å². The molecule has 0 saturated heterocycles. The number of hydrogen-bond donors (Lipinski definition) is 0. The van der Waals surface area contributed by atoms with Gasteiger partial charge in [-0.2, -0.15) is 0 Å². The second kappa shape index (κ2) is 11.2. The zero-order valence-corrected chi connectivity index (χ0v) is 9.38. The van der Waals surface area contributed by atoms with Crippen molar-refractivity contribution >= 4 is 11.9 Å². The highest BCUT2D eigenvalue weighted by Crippen LogP contribution is 2.08. The van der Waals surface area contributed by atoms with Gasteiger partial charge in [0.05, 0.1) is 0 Å². The summed E-state index contributed by atoms with van der Waals surface area (Å²) in [6, 6.07) is 0. The third kappa shape index (κ3) is 136. The van der Waals surface area contributed by atoms with E-state index < -0.39 is 22.7 Å². The second-order valence-electron chi connectivity index (χ2n) is 2.72. The van der Waals surface area contributed by atoms with E-state index in [0.29, 0.717) is 12.8 Å². The van der Waals surface area contributed by atoms with Crippen LogP contribution in [-0.4, -0.2) is 22.7 Å². The molecule has 0 aromatic carbocycles. The quantitative estimate of drug-likeness (QED) is 0.424. The van der Waals surface area contributed by atoms with Gasteiger partial charge < -0.3 is 19.8 Å². The van der Waals surface area contributed by atoms with Crippen molar-refractivity contribution in [3.8, 4) is 0 Å². The molecule has 0 aliphatic heterocycles. The Hall–Kier alpha value is -1.70. The van der Waals surface area contributed by atoms with Crippen LogP contribution in [0.2, 0.25) is 0 Å². The van der Waals surface area contributed by atoms with Crippen LogP contribution in [0.3, 0.4) is 0 Å². The molecule has 0 radical (unpaired) electrons. The molecule has 0 aliphatic carbocycles. The van der Waals surface area contributed by atoms with Crippen molar-refractivity contribution in [3.63, 3.8) is 0 Å². The van der Waals surface area contributed by atoms with Gasteiger partial charge in [0.1, 0.15) is 35.9 Å². The summed E-state index contributed by atoms with van der Waals surface area (Å²) in [6.07, 6.45) is 0.535. The van der Waals surface area contributed by atoms with Crippen LogP contribution in [0.5, 0.6) is 0 Å². The molecule has 0 aliphatic rings. The summed E-state index contributed by atoms with van der Waals surface area (Å²) in [7, 11) is 0. The number of carboxylic acids is 2. The largest absolute Gasteiger partial charge is 0.550 e. The Balaban J connectivity index is -0.000000244. The Bertz CT molecular complexity index is 239. The molecule has 0 bridgehead atoms. The lowest BCUT2D eigenvalue weighted by atomic mass is 10.2. The van der Waals surface area contributed by atoms with Gasteiger partial charge in [-0.15, -0.1) is 0 Å². The van der Waals surface area contributed by atoms with Gasteiger partial charge in [0, 0.05) is 11.9 Å². The van der Waals surface area contributed by atoms with Crippen molar-refractivity contribution in [1.82, 2.24) is 0 Å². The van der Waals surface area contributed by atoms with Gasteiger partial charge in [-0.25, -0.2) is 0 Å². The van der Waals surface area contributed by atoms with E-state index in [9.17, 15) is 55.7 Å². The molecule has 122 valence electrons. The first-order valence-electron chi connectivity index (χ1n) is 4.38. The van der Waals surface area contributed by atoms with Crippen LogP contribution in [0.4, 0.5) is 35.9 Å². The number of quaternary nitrogens is 2. The Morgan fingerprint density at radius 3 is 0.900 bits per heavy atom. The molecule has 0 aromatic heterocycles. The van der Waals surface area contributed by atoms with E-state index in [4.69, 9.17) is 0 Å². The summed E-state index contributed by atoms with van der Waals surface area (Å²) < 4.78 is 77.0. The maximum absolute atomic E-state index is 9.77. The summed E-state index contributed by atoms with van der Waals surface area (Å²) in [4.78, 5) is 19.5. The fraction of sp³-hybridized carbons (Fsp3) is 0.667. The van der Waals surface area contributed by atoms with E-state index in [1.807, 2.05) is 0 Å². The predicted octanol–water partition coefficient (Wildman–Crippen LogP) is 0.729. The number of hydrogen-bond acceptors (Lipinski definition) is 4. The molecule has 6 nitrogen and oxygen atoms in total. The highest BCUT2D eigenvalue weighted by Gasteiger charge is 2.30. The van der Waals surface area contributed by atoms with Gasteiger partial charge >= 0.3 is 10.7 Å². The lowest BCUT2D eigenvalue weighted by Gasteiger charge is -2.01. The maximum atomic E-state index is 9.77. The smallest absolute Gasteiger partial charge is 0.440 e. The molecule has 0 atom stereocenters. The molecule has 0 unspecified atom stereocenters. The Morgan fingerprint density at radius 2 is 0.800 bits per heavy atom. The minimum atomic E-state index is -5.00. The minimum absolute atomic E-state index is 0.0761. The monoisotopic (exact) mass is 324 g/mol. The average molecular weight is 324 g/mol. The van der Waals surface area contributed by atoms with E-state index in [1.165, 1.54) is 0 Å². The number of halogens is 8. The van der Waals surface area contributed by atoms with Crippen molar-refractivity contribution in [1.29, 1.82) is 0 Å². The zero-order chi connectivity index (χ0) is 17.0. The highest BCUT2D eigenvalue weighted by atomic mass is 19.7. The van der Waals surface area contributed by atoms with Crippen LogP contribution in [0.25, 0.3) is 0 Å². The molecular weight excluding hydrogens is 316 g/mol. The van der Waals surface area contributed by atoms with E-state index in [-0.39, 0.29) is 12.8 Å². The fourth-order valence-electron chi connectivity index (χ4n) is 0.539. The molecule has 0 spiro atoms. The van der Waals surface area contributed by atoms with Crippen molar-refractivity contribution < 1.29 is 66.4 Å². The van der Waals surface area contributed by atoms with Crippen LogP contribution in [0.1, 0.15) is 25.7 Å². The topological polar surface area (TPSA) is 80.3 Å². The number of carbonyl (C=O) groups is 2. The molecular formula is C6H8F8N2O4. The minimum Gasteiger partial charge on any atom is -0.550 e. The Labute approximate surface area is 105 Å². The number of rotatable bonds is 5. The van der Waals surface area contributed by atoms with Gasteiger partial charge in [0.15, 0.2) is 0 Å². The molecule has 20 heavy (non-hydrogen) atoms. The number of carboxylic acid groups (broad SMARTS) is 2. The van der Waals surface area contributed by atoms with E-state index in [1.54, 1.807) is 0 Å². The second-order valence-corrected chi connectivity index (χ2v) is 2.72. The SMILES string of the molecule is F[N+](F)(F)F.F[N+](F)(F)F.O=C([O-])CCCCC(=O)[O-]. The molecule has 0 aromatic rings. The molecule has 0 rings (SSSR count). The van der Waals surface area contributed by atoms with Crippen molar-refractivity contribution in [2.45, 2.75) is 25.7 Å². The maximum Gasteiger partial charge on any atom is 0.440 e. The van der Waals surface area contributed by atoms with E-state index in [2.05, 4.69) is 0 Å². The van der Waals surface area contributed by atoms with Crippen LogP contribution >= 0.6 is 0 Å². The van der Waals surface area contributed by atoms with Crippen LogP contribution < -0.4 is 10.2 Å². The first kappa shape index (κ1) is 23.4. The Morgan fingerprint density at radius 1 is 0.650 bits per heavy atom. The summed E-state index contributed by atoms with van der Waals surface area (Å²) in [5.41, 5.74) is 0. The fourth-order valence-corrected chi connectivity index (χ4v) is 0.539. The normalized spacial score (nSPS) is 10.6. The standard InChI is InChI=1S/C6H10O4.2F4N/c7-5(8)3-1-2-4-6(9)10;2*1-5(2,3)4/h1-4H2,(H,7,8)(H,9,10);;/q;2*+1/p-2. The average Bonchev–Trinajstić information content (AvgIpc) is 2.06. The predicted molar refractivity (Wildman–Crippen MR) is 37.9 cm³/mol. The zero-order valence-electron chi connectivity index (χ0n) is 9.38. The van der Waals surface area contributed by atoms with E-state index >= 15 is 0 Å². The van der Waals surface area contributed by atoms with Gasteiger partial charge in [-0.1, -0.05) is 0 Å². The third-order valence-corrected chi connectivity index (χ3v) is 1.01. The number of unbranched alkanes of at least 4 members (excludes halogenated alkanes) is 1. The molecule has 0 N–H and O–H groups in total. The summed E-state index contributed by atoms with van der Waals surface area (Å²) in [5, 5.41) is 9.54. The third-order valence-electron chi connectivity index (χ3n) is 1.01. The van der Waals surface area contributed by atoms with Crippen LogP contribution in [0, 0.1) is 0 Å². The first-order chi connectivity index (χ1) is 8.63. The molecule has 0 heterocycles. The molecule has 0 amide bonds. The van der Waals surface area contributed by atoms with Crippen molar-refractivity contribution in [2.24, 2.45) is 0 Å². The lowest BCUT2D eigenvalue weighted by Crippen LogP contribution is -2.23. The molecule has 0 saturated carbocycles. The molecule has 14 heteroatoms. The first-order valence-corrected chi connectivity index (χ1v) is 4.38. The van der Waals surface area contributed by atoms with Crippen molar-refractivity contribution in [3.05, 3.63) is 0 Å². The van der Waals surface area contributed by atoms with Gasteiger partial charge in [-0.3, -0.25) is 0 Å². The van der Waals surface area contributed by atoms with Crippen molar-refractivity contribution in [2.75, 3.05) is 0 Å². The van der Waals surface area contributed by atoms with Gasteiger partial charge in [0.25, 0.3) is 0 Å². The number of nitrogens with zero attached hydrogens (tertiary/aromatic N) is 2. The summed E-state index contributed by atoms with van der Waals surface area (Å²) in [6.45, 7) is 0. The van der Waals surface area contributed by atoms with Crippen LogP contribution in [-0.2, 0) is 9.59 Å². The van der Waals surface area contributed by atoms with Crippen LogP contribution in [0.15, 0.2) is 0 Å². The van der Waals surface area contributed by atoms with Gasteiger partial charge in [0.2, 0.25) is 0 Å². The Kier molecular flexibility index (Phi) is 13.0. The summed E-state index contributed by atoms with van der Waals surface area (Å²) >= 11 is 0. The number of aliphatic carboxylic acids is 2. The number of carbonyl (C=O) groups excluding carboxylic acids is 2. The molecule has 0 fully saturated rings. The highest BCUT2D eigenvalue weighted by molar-refractivity contribution is 5.65.